The molecule has 4 heteroatoms. The fourth-order valence-corrected chi connectivity index (χ4v) is 3.51. The Balaban J connectivity index is 2.38. The average Bonchev–Trinajstić information content (AvgIpc) is 2.71. The third kappa shape index (κ3) is 2.91. The van der Waals surface area contributed by atoms with E-state index in [0.29, 0.717) is 0 Å². The molecular weight excluding hydrogens is 318 g/mol. The SMILES string of the molecule is CNC(c1ccc(C)c(Cl)c1)c1cc(Br)cs1. The highest BCUT2D eigenvalue weighted by Gasteiger charge is 2.14. The van der Waals surface area contributed by atoms with E-state index < -0.39 is 0 Å². The zero-order valence-corrected chi connectivity index (χ0v) is 12.8. The predicted molar refractivity (Wildman–Crippen MR) is 79.1 cm³/mol. The molecule has 1 unspecified atom stereocenters. The van der Waals surface area contributed by atoms with Crippen molar-refractivity contribution in [3.05, 3.63) is 55.1 Å². The second-order valence-corrected chi connectivity index (χ2v) is 6.16. The van der Waals surface area contributed by atoms with Gasteiger partial charge in [0, 0.05) is 19.8 Å². The highest BCUT2D eigenvalue weighted by molar-refractivity contribution is 9.10. The number of benzene rings is 1. The van der Waals surface area contributed by atoms with Gasteiger partial charge >= 0.3 is 0 Å². The first-order valence-electron chi connectivity index (χ1n) is 5.29. The molecule has 90 valence electrons. The summed E-state index contributed by atoms with van der Waals surface area (Å²) in [5, 5.41) is 6.24. The first-order valence-corrected chi connectivity index (χ1v) is 7.34. The smallest absolute Gasteiger partial charge is 0.0669 e. The summed E-state index contributed by atoms with van der Waals surface area (Å²) in [6.45, 7) is 2.02. The molecule has 0 saturated heterocycles. The van der Waals surface area contributed by atoms with Crippen molar-refractivity contribution < 1.29 is 0 Å². The number of hydrogen-bond donors (Lipinski definition) is 1. The Kier molecular flexibility index (Phi) is 4.26. The Morgan fingerprint density at radius 2 is 2.12 bits per heavy atom. The number of hydrogen-bond acceptors (Lipinski definition) is 2. The van der Waals surface area contributed by atoms with E-state index in [0.717, 1.165) is 15.1 Å². The van der Waals surface area contributed by atoms with Gasteiger partial charge in [-0.2, -0.15) is 0 Å². The summed E-state index contributed by atoms with van der Waals surface area (Å²) in [5.74, 6) is 0. The minimum Gasteiger partial charge on any atom is -0.309 e. The van der Waals surface area contributed by atoms with Crippen molar-refractivity contribution in [2.75, 3.05) is 7.05 Å². The summed E-state index contributed by atoms with van der Waals surface area (Å²) in [7, 11) is 1.96. The standard InChI is InChI=1S/C13H13BrClNS/c1-8-3-4-9(5-11(8)15)13(16-2)12-6-10(14)7-17-12/h3-7,13,16H,1-2H3. The van der Waals surface area contributed by atoms with Gasteiger partial charge in [-0.1, -0.05) is 23.7 Å². The largest absolute Gasteiger partial charge is 0.309 e. The molecule has 1 nitrogen and oxygen atoms in total. The molecule has 1 aromatic carbocycles. The van der Waals surface area contributed by atoms with Crippen LogP contribution in [-0.2, 0) is 0 Å². The number of halogens is 2. The predicted octanol–water partition coefficient (Wildman–Crippen LogP) is 4.78. The molecule has 0 aliphatic heterocycles. The van der Waals surface area contributed by atoms with E-state index in [2.05, 4.69) is 44.8 Å². The van der Waals surface area contributed by atoms with Gasteiger partial charge in [0.25, 0.3) is 0 Å². The van der Waals surface area contributed by atoms with Gasteiger partial charge in [0.15, 0.2) is 0 Å². The van der Waals surface area contributed by atoms with Gasteiger partial charge in [-0.05, 0) is 53.2 Å². The van der Waals surface area contributed by atoms with Crippen LogP contribution in [0.2, 0.25) is 5.02 Å². The maximum Gasteiger partial charge on any atom is 0.0669 e. The van der Waals surface area contributed by atoms with Gasteiger partial charge in [-0.25, -0.2) is 0 Å². The molecule has 0 aliphatic rings. The quantitative estimate of drug-likeness (QED) is 0.854. The van der Waals surface area contributed by atoms with Gasteiger partial charge in [0.2, 0.25) is 0 Å². The lowest BCUT2D eigenvalue weighted by Crippen LogP contribution is -2.16. The maximum atomic E-state index is 6.17. The summed E-state index contributed by atoms with van der Waals surface area (Å²) in [4.78, 5) is 1.28. The van der Waals surface area contributed by atoms with Crippen LogP contribution < -0.4 is 5.32 Å². The third-order valence-electron chi connectivity index (χ3n) is 2.69. The van der Waals surface area contributed by atoms with Crippen molar-refractivity contribution in [2.45, 2.75) is 13.0 Å². The Morgan fingerprint density at radius 1 is 1.35 bits per heavy atom. The van der Waals surface area contributed by atoms with E-state index in [1.807, 2.05) is 20.0 Å². The first kappa shape index (κ1) is 13.1. The van der Waals surface area contributed by atoms with E-state index in [1.165, 1.54) is 10.4 Å². The second-order valence-electron chi connectivity index (χ2n) is 3.90. The number of aryl methyl sites for hydroxylation is 1. The zero-order chi connectivity index (χ0) is 12.4. The molecule has 1 atom stereocenters. The van der Waals surface area contributed by atoms with Gasteiger partial charge in [-0.3, -0.25) is 0 Å². The maximum absolute atomic E-state index is 6.17. The van der Waals surface area contributed by atoms with E-state index in [4.69, 9.17) is 11.6 Å². The third-order valence-corrected chi connectivity index (χ3v) is 4.86. The normalized spacial score (nSPS) is 12.7. The Morgan fingerprint density at radius 3 is 2.65 bits per heavy atom. The summed E-state index contributed by atoms with van der Waals surface area (Å²) in [6.07, 6.45) is 0. The summed E-state index contributed by atoms with van der Waals surface area (Å²) >= 11 is 11.4. The van der Waals surface area contributed by atoms with Crippen molar-refractivity contribution in [1.82, 2.24) is 5.32 Å². The van der Waals surface area contributed by atoms with Crippen LogP contribution in [0.25, 0.3) is 0 Å². The van der Waals surface area contributed by atoms with Crippen LogP contribution in [0, 0.1) is 6.92 Å². The zero-order valence-electron chi connectivity index (χ0n) is 9.63. The Bertz CT molecular complexity index is 524. The van der Waals surface area contributed by atoms with Gasteiger partial charge in [0.05, 0.1) is 6.04 Å². The van der Waals surface area contributed by atoms with Crippen molar-refractivity contribution >= 4 is 38.9 Å². The molecule has 0 amide bonds. The lowest BCUT2D eigenvalue weighted by molar-refractivity contribution is 0.703. The molecule has 1 aromatic heterocycles. The molecule has 2 rings (SSSR count). The van der Waals surface area contributed by atoms with Crippen LogP contribution in [0.1, 0.15) is 22.0 Å². The average molecular weight is 331 g/mol. The number of nitrogens with one attached hydrogen (secondary N) is 1. The van der Waals surface area contributed by atoms with Crippen molar-refractivity contribution in [3.8, 4) is 0 Å². The van der Waals surface area contributed by atoms with E-state index in [-0.39, 0.29) is 6.04 Å². The summed E-state index contributed by atoms with van der Waals surface area (Å²) in [5.41, 5.74) is 2.30. The van der Waals surface area contributed by atoms with Gasteiger partial charge in [-0.15, -0.1) is 11.3 Å². The van der Waals surface area contributed by atoms with Gasteiger partial charge in [0.1, 0.15) is 0 Å². The molecule has 0 fully saturated rings. The molecule has 0 radical (unpaired) electrons. The molecule has 1 heterocycles. The molecule has 0 aliphatic carbocycles. The highest BCUT2D eigenvalue weighted by atomic mass is 79.9. The monoisotopic (exact) mass is 329 g/mol. The molecule has 0 spiro atoms. The fourth-order valence-electron chi connectivity index (χ4n) is 1.74. The van der Waals surface area contributed by atoms with E-state index >= 15 is 0 Å². The minimum absolute atomic E-state index is 0.199. The summed E-state index contributed by atoms with van der Waals surface area (Å²) < 4.78 is 1.12. The van der Waals surface area contributed by atoms with E-state index in [1.54, 1.807) is 11.3 Å². The molecule has 0 bridgehead atoms. The van der Waals surface area contributed by atoms with Crippen molar-refractivity contribution in [2.24, 2.45) is 0 Å². The van der Waals surface area contributed by atoms with Crippen LogP contribution in [0.3, 0.4) is 0 Å². The van der Waals surface area contributed by atoms with Crippen LogP contribution in [0.5, 0.6) is 0 Å². The molecule has 0 saturated carbocycles. The Labute approximate surface area is 119 Å². The summed E-state index contributed by atoms with van der Waals surface area (Å²) in [6, 6.07) is 8.55. The number of thiophene rings is 1. The second kappa shape index (κ2) is 5.53. The van der Waals surface area contributed by atoms with Gasteiger partial charge < -0.3 is 5.32 Å². The van der Waals surface area contributed by atoms with Crippen molar-refractivity contribution in [3.63, 3.8) is 0 Å². The lowest BCUT2D eigenvalue weighted by Gasteiger charge is -2.15. The minimum atomic E-state index is 0.199. The van der Waals surface area contributed by atoms with Crippen LogP contribution in [-0.4, -0.2) is 7.05 Å². The topological polar surface area (TPSA) is 12.0 Å². The molecule has 1 N–H and O–H groups in total. The molecule has 17 heavy (non-hydrogen) atoms. The van der Waals surface area contributed by atoms with Crippen LogP contribution >= 0.6 is 38.9 Å². The van der Waals surface area contributed by atoms with Crippen LogP contribution in [0.4, 0.5) is 0 Å². The Hall–Kier alpha value is -0.350. The lowest BCUT2D eigenvalue weighted by atomic mass is 10.0. The van der Waals surface area contributed by atoms with E-state index in [9.17, 15) is 0 Å². The fraction of sp³-hybridized carbons (Fsp3) is 0.231. The number of rotatable bonds is 3. The molecule has 2 aromatic rings. The van der Waals surface area contributed by atoms with Crippen molar-refractivity contribution in [1.29, 1.82) is 0 Å². The first-order chi connectivity index (χ1) is 8.11. The molecular formula is C13H13BrClNS. The highest BCUT2D eigenvalue weighted by Crippen LogP contribution is 2.31. The van der Waals surface area contributed by atoms with Crippen LogP contribution in [0.15, 0.2) is 34.1 Å².